The molecule has 1 N–H and O–H groups in total. The highest BCUT2D eigenvalue weighted by atomic mass is 16.5. The summed E-state index contributed by atoms with van der Waals surface area (Å²) in [5, 5.41) is 13.7. The van der Waals surface area contributed by atoms with Crippen molar-refractivity contribution in [3.05, 3.63) is 41.5 Å². The maximum atomic E-state index is 9.72. The normalized spacial score (nSPS) is 19.5. The molecule has 2 heterocycles. The lowest BCUT2D eigenvalue weighted by atomic mass is 10.0. The van der Waals surface area contributed by atoms with Crippen molar-refractivity contribution in [2.45, 2.75) is 25.2 Å². The zero-order valence-electron chi connectivity index (χ0n) is 10.6. The van der Waals surface area contributed by atoms with Gasteiger partial charge in [-0.25, -0.2) is 0 Å². The minimum atomic E-state index is 0.232. The molecule has 3 rings (SSSR count). The molecular weight excluding hydrogens is 244 g/mol. The number of rotatable bonds is 3. The van der Waals surface area contributed by atoms with Crippen LogP contribution in [0.3, 0.4) is 0 Å². The van der Waals surface area contributed by atoms with Gasteiger partial charge in [0.15, 0.2) is 5.82 Å². The molecule has 1 aromatic heterocycles. The Morgan fingerprint density at radius 1 is 1.32 bits per heavy atom. The van der Waals surface area contributed by atoms with Crippen LogP contribution in [0.15, 0.2) is 28.8 Å². The van der Waals surface area contributed by atoms with Crippen LogP contribution in [0.1, 0.15) is 36.0 Å². The summed E-state index contributed by atoms with van der Waals surface area (Å²) >= 11 is 0. The van der Waals surface area contributed by atoms with Crippen molar-refractivity contribution in [1.82, 2.24) is 10.1 Å². The zero-order chi connectivity index (χ0) is 13.1. The fraction of sp³-hybridized carbons (Fsp3) is 0.429. The third-order valence-corrected chi connectivity index (χ3v) is 3.34. The summed E-state index contributed by atoms with van der Waals surface area (Å²) in [6.07, 6.45) is 2.52. The molecular formula is C14H16N2O3. The van der Waals surface area contributed by atoms with Gasteiger partial charge in [-0.3, -0.25) is 0 Å². The van der Waals surface area contributed by atoms with Crippen LogP contribution in [0, 0.1) is 0 Å². The van der Waals surface area contributed by atoms with Crippen LogP contribution < -0.4 is 0 Å². The minimum absolute atomic E-state index is 0.232. The van der Waals surface area contributed by atoms with E-state index in [9.17, 15) is 5.11 Å². The van der Waals surface area contributed by atoms with Crippen molar-refractivity contribution in [2.75, 3.05) is 13.2 Å². The summed E-state index contributed by atoms with van der Waals surface area (Å²) in [5.41, 5.74) is 0.789. The van der Waals surface area contributed by atoms with Gasteiger partial charge < -0.3 is 14.4 Å². The summed E-state index contributed by atoms with van der Waals surface area (Å²) in [7, 11) is 0. The number of nitrogens with zero attached hydrogens (tertiary/aromatic N) is 2. The van der Waals surface area contributed by atoms with E-state index in [4.69, 9.17) is 9.26 Å². The molecule has 0 radical (unpaired) electrons. The Balaban J connectivity index is 1.73. The Hall–Kier alpha value is -1.88. The van der Waals surface area contributed by atoms with Crippen molar-refractivity contribution < 1.29 is 14.4 Å². The standard InChI is InChI=1S/C14H16N2O3/c17-12-6-2-1-4-10(12)8-13-15-14(16-19-13)11-5-3-7-18-9-11/h1-2,4,6,11,17H,3,5,7-9H2. The molecule has 2 aromatic rings. The van der Waals surface area contributed by atoms with Crippen LogP contribution in [0.4, 0.5) is 0 Å². The van der Waals surface area contributed by atoms with Gasteiger partial charge in [0.1, 0.15) is 5.75 Å². The van der Waals surface area contributed by atoms with E-state index in [2.05, 4.69) is 10.1 Å². The number of phenols is 1. The summed E-state index contributed by atoms with van der Waals surface area (Å²) in [6.45, 7) is 1.48. The third-order valence-electron chi connectivity index (χ3n) is 3.34. The van der Waals surface area contributed by atoms with Crippen molar-refractivity contribution in [3.8, 4) is 5.75 Å². The minimum Gasteiger partial charge on any atom is -0.508 e. The van der Waals surface area contributed by atoms with Gasteiger partial charge in [0.2, 0.25) is 5.89 Å². The zero-order valence-corrected chi connectivity index (χ0v) is 10.6. The second-order valence-corrected chi connectivity index (χ2v) is 4.77. The molecule has 5 nitrogen and oxygen atoms in total. The van der Waals surface area contributed by atoms with Crippen LogP contribution in [0.5, 0.6) is 5.75 Å². The molecule has 0 amide bonds. The van der Waals surface area contributed by atoms with E-state index in [0.29, 0.717) is 24.7 Å². The molecule has 1 saturated heterocycles. The first-order chi connectivity index (χ1) is 9.33. The highest BCUT2D eigenvalue weighted by Crippen LogP contribution is 2.24. The number of aromatic hydroxyl groups is 1. The van der Waals surface area contributed by atoms with E-state index in [0.717, 1.165) is 25.0 Å². The SMILES string of the molecule is Oc1ccccc1Cc1nc(C2CCCOC2)no1. The smallest absolute Gasteiger partial charge is 0.231 e. The number of aromatic nitrogens is 2. The topological polar surface area (TPSA) is 68.4 Å². The van der Waals surface area contributed by atoms with E-state index in [-0.39, 0.29) is 11.7 Å². The van der Waals surface area contributed by atoms with Gasteiger partial charge >= 0.3 is 0 Å². The molecule has 0 bridgehead atoms. The number of benzene rings is 1. The van der Waals surface area contributed by atoms with Gasteiger partial charge in [-0.2, -0.15) is 4.98 Å². The third kappa shape index (κ3) is 2.76. The molecule has 1 unspecified atom stereocenters. The molecule has 1 aliphatic heterocycles. The van der Waals surface area contributed by atoms with Crippen LogP contribution in [0.25, 0.3) is 0 Å². The van der Waals surface area contributed by atoms with Gasteiger partial charge in [-0.1, -0.05) is 23.4 Å². The lowest BCUT2D eigenvalue weighted by molar-refractivity contribution is 0.0773. The Morgan fingerprint density at radius 3 is 3.00 bits per heavy atom. The molecule has 1 aromatic carbocycles. The number of ether oxygens (including phenoxy) is 1. The molecule has 100 valence electrons. The molecule has 0 spiro atoms. The van der Waals surface area contributed by atoms with Gasteiger partial charge in [-0.05, 0) is 18.9 Å². The molecule has 19 heavy (non-hydrogen) atoms. The predicted molar refractivity (Wildman–Crippen MR) is 68.0 cm³/mol. The highest BCUT2D eigenvalue weighted by Gasteiger charge is 2.21. The summed E-state index contributed by atoms with van der Waals surface area (Å²) in [4.78, 5) is 4.40. The molecule has 5 heteroatoms. The second kappa shape index (κ2) is 5.40. The maximum Gasteiger partial charge on any atom is 0.231 e. The largest absolute Gasteiger partial charge is 0.508 e. The fourth-order valence-corrected chi connectivity index (χ4v) is 2.27. The van der Waals surface area contributed by atoms with E-state index in [1.165, 1.54) is 0 Å². The van der Waals surface area contributed by atoms with E-state index in [1.807, 2.05) is 12.1 Å². The van der Waals surface area contributed by atoms with Gasteiger partial charge in [0, 0.05) is 18.1 Å². The molecule has 1 fully saturated rings. The lowest BCUT2D eigenvalue weighted by Crippen LogP contribution is -2.16. The fourth-order valence-electron chi connectivity index (χ4n) is 2.27. The summed E-state index contributed by atoms with van der Waals surface area (Å²) in [5.74, 6) is 1.73. The van der Waals surface area contributed by atoms with Gasteiger partial charge in [0.25, 0.3) is 0 Å². The summed E-state index contributed by atoms with van der Waals surface area (Å²) < 4.78 is 10.7. The number of hydrogen-bond donors (Lipinski definition) is 1. The molecule has 1 atom stereocenters. The van der Waals surface area contributed by atoms with E-state index < -0.39 is 0 Å². The highest BCUT2D eigenvalue weighted by molar-refractivity contribution is 5.33. The van der Waals surface area contributed by atoms with E-state index in [1.54, 1.807) is 12.1 Å². The molecule has 0 aliphatic carbocycles. The quantitative estimate of drug-likeness (QED) is 0.916. The van der Waals surface area contributed by atoms with Gasteiger partial charge in [0.05, 0.1) is 13.0 Å². The number of para-hydroxylation sites is 1. The Bertz CT molecular complexity index is 547. The van der Waals surface area contributed by atoms with Crippen molar-refractivity contribution >= 4 is 0 Å². The van der Waals surface area contributed by atoms with Gasteiger partial charge in [-0.15, -0.1) is 0 Å². The summed E-state index contributed by atoms with van der Waals surface area (Å²) in [6, 6.07) is 7.17. The van der Waals surface area contributed by atoms with Crippen LogP contribution in [-0.4, -0.2) is 28.5 Å². The monoisotopic (exact) mass is 260 g/mol. The van der Waals surface area contributed by atoms with Crippen molar-refractivity contribution in [2.24, 2.45) is 0 Å². The first-order valence-corrected chi connectivity index (χ1v) is 6.50. The average molecular weight is 260 g/mol. The van der Waals surface area contributed by atoms with Crippen LogP contribution in [0.2, 0.25) is 0 Å². The Morgan fingerprint density at radius 2 is 2.21 bits per heavy atom. The van der Waals surface area contributed by atoms with E-state index >= 15 is 0 Å². The van der Waals surface area contributed by atoms with Crippen molar-refractivity contribution in [3.63, 3.8) is 0 Å². The lowest BCUT2D eigenvalue weighted by Gasteiger charge is -2.18. The molecule has 0 saturated carbocycles. The first kappa shape index (κ1) is 12.2. The van der Waals surface area contributed by atoms with Crippen molar-refractivity contribution in [1.29, 1.82) is 0 Å². The number of phenolic OH excluding ortho intramolecular Hbond substituents is 1. The predicted octanol–water partition coefficient (Wildman–Crippen LogP) is 2.26. The maximum absolute atomic E-state index is 9.72. The second-order valence-electron chi connectivity index (χ2n) is 4.77. The molecule has 1 aliphatic rings. The van der Waals surface area contributed by atoms with Crippen LogP contribution >= 0.6 is 0 Å². The average Bonchev–Trinajstić information content (AvgIpc) is 2.91. The Kier molecular flexibility index (Phi) is 3.46. The Labute approximate surface area is 111 Å². The first-order valence-electron chi connectivity index (χ1n) is 6.50. The van der Waals surface area contributed by atoms with Crippen LogP contribution in [-0.2, 0) is 11.2 Å². The number of hydrogen-bond acceptors (Lipinski definition) is 5.